The number of halogens is 1. The molecular formula is C16H22FN3. The van der Waals surface area contributed by atoms with Gasteiger partial charge in [-0.25, -0.2) is 4.39 Å². The first-order chi connectivity index (χ1) is 9.30. The van der Waals surface area contributed by atoms with E-state index in [0.29, 0.717) is 0 Å². The number of hydrogen-bond acceptors (Lipinski definition) is 2. The summed E-state index contributed by atoms with van der Waals surface area (Å²) in [4.78, 5) is 0. The second kappa shape index (κ2) is 5.37. The van der Waals surface area contributed by atoms with Crippen molar-refractivity contribution in [2.75, 3.05) is 0 Å². The predicted octanol–water partition coefficient (Wildman–Crippen LogP) is 2.72. The summed E-state index contributed by atoms with van der Waals surface area (Å²) in [6.45, 7) is 6.16. The van der Waals surface area contributed by atoms with Crippen LogP contribution in [0.3, 0.4) is 0 Å². The number of nitrogens with zero attached hydrogens (tertiary/aromatic N) is 2. The van der Waals surface area contributed by atoms with Gasteiger partial charge in [0.05, 0.1) is 5.69 Å². The maximum Gasteiger partial charge on any atom is 0.123 e. The van der Waals surface area contributed by atoms with Crippen LogP contribution in [0, 0.1) is 12.7 Å². The molecular weight excluding hydrogens is 253 g/mol. The third-order valence-corrected chi connectivity index (χ3v) is 4.04. The molecule has 0 aliphatic carbocycles. The number of aromatic nitrogens is 2. The van der Waals surface area contributed by atoms with Crippen molar-refractivity contribution in [3.8, 4) is 0 Å². The normalized spacial score (nSPS) is 13.5. The minimum absolute atomic E-state index is 0.0669. The minimum atomic E-state index is -0.230. The summed E-state index contributed by atoms with van der Waals surface area (Å²) in [7, 11) is 1.93. The Balaban J connectivity index is 2.20. The molecule has 2 rings (SSSR count). The van der Waals surface area contributed by atoms with Crippen LogP contribution in [-0.4, -0.2) is 15.8 Å². The Kier molecular flexibility index (Phi) is 3.95. The largest absolute Gasteiger partial charge is 0.327 e. The quantitative estimate of drug-likeness (QED) is 0.932. The summed E-state index contributed by atoms with van der Waals surface area (Å²) in [5, 5.41) is 4.34. The Bertz CT molecular complexity index is 584. The number of aryl methyl sites for hydroxylation is 2. The fourth-order valence-electron chi connectivity index (χ4n) is 2.43. The van der Waals surface area contributed by atoms with E-state index >= 15 is 0 Å². The lowest BCUT2D eigenvalue weighted by molar-refractivity contribution is 0.399. The molecule has 0 saturated heterocycles. The van der Waals surface area contributed by atoms with E-state index in [1.54, 1.807) is 0 Å². The fourth-order valence-corrected chi connectivity index (χ4v) is 2.43. The molecule has 108 valence electrons. The second-order valence-corrected chi connectivity index (χ2v) is 5.94. The van der Waals surface area contributed by atoms with E-state index in [9.17, 15) is 4.39 Å². The highest BCUT2D eigenvalue weighted by Crippen LogP contribution is 2.28. The minimum Gasteiger partial charge on any atom is -0.327 e. The summed E-state index contributed by atoms with van der Waals surface area (Å²) >= 11 is 0. The van der Waals surface area contributed by atoms with Crippen molar-refractivity contribution >= 4 is 0 Å². The first kappa shape index (κ1) is 14.7. The van der Waals surface area contributed by atoms with Gasteiger partial charge < -0.3 is 5.73 Å². The van der Waals surface area contributed by atoms with Gasteiger partial charge in [0.15, 0.2) is 0 Å². The molecule has 3 nitrogen and oxygen atoms in total. The van der Waals surface area contributed by atoms with E-state index in [0.717, 1.165) is 23.4 Å². The van der Waals surface area contributed by atoms with Gasteiger partial charge in [-0.2, -0.15) is 5.10 Å². The van der Waals surface area contributed by atoms with E-state index in [2.05, 4.69) is 25.0 Å². The molecule has 2 N–H and O–H groups in total. The number of hydrogen-bond donors (Lipinski definition) is 1. The molecule has 20 heavy (non-hydrogen) atoms. The van der Waals surface area contributed by atoms with Crippen molar-refractivity contribution in [2.45, 2.75) is 38.6 Å². The summed E-state index contributed by atoms with van der Waals surface area (Å²) in [6.07, 6.45) is 0.738. The zero-order valence-electron chi connectivity index (χ0n) is 12.5. The van der Waals surface area contributed by atoms with Gasteiger partial charge in [-0.05, 0) is 30.7 Å². The summed E-state index contributed by atoms with van der Waals surface area (Å²) < 4.78 is 14.9. The van der Waals surface area contributed by atoms with Crippen molar-refractivity contribution in [1.29, 1.82) is 0 Å². The van der Waals surface area contributed by atoms with E-state index in [1.165, 1.54) is 12.1 Å². The van der Waals surface area contributed by atoms with Gasteiger partial charge in [0, 0.05) is 30.6 Å². The molecule has 0 aliphatic heterocycles. The van der Waals surface area contributed by atoms with Crippen LogP contribution in [0.15, 0.2) is 30.3 Å². The average molecular weight is 275 g/mol. The average Bonchev–Trinajstić information content (AvgIpc) is 2.68. The Hall–Kier alpha value is -1.68. The Labute approximate surface area is 119 Å². The van der Waals surface area contributed by atoms with Crippen molar-refractivity contribution in [3.05, 3.63) is 53.1 Å². The predicted molar refractivity (Wildman–Crippen MR) is 79.1 cm³/mol. The Morgan fingerprint density at radius 1 is 1.30 bits per heavy atom. The van der Waals surface area contributed by atoms with Gasteiger partial charge in [0.2, 0.25) is 0 Å². The molecule has 2 aromatic rings. The number of benzene rings is 1. The molecule has 4 heteroatoms. The monoisotopic (exact) mass is 275 g/mol. The van der Waals surface area contributed by atoms with Gasteiger partial charge in [-0.15, -0.1) is 0 Å². The molecule has 1 aromatic carbocycles. The number of rotatable bonds is 4. The molecule has 0 saturated carbocycles. The molecule has 1 atom stereocenters. The topological polar surface area (TPSA) is 43.8 Å². The van der Waals surface area contributed by atoms with Crippen molar-refractivity contribution in [1.82, 2.24) is 9.78 Å². The molecule has 0 spiro atoms. The van der Waals surface area contributed by atoms with Crippen molar-refractivity contribution in [3.63, 3.8) is 0 Å². The van der Waals surface area contributed by atoms with E-state index in [4.69, 9.17) is 5.73 Å². The maximum absolute atomic E-state index is 13.0. The van der Waals surface area contributed by atoms with Gasteiger partial charge in [-0.3, -0.25) is 4.68 Å². The van der Waals surface area contributed by atoms with Crippen molar-refractivity contribution in [2.24, 2.45) is 12.8 Å². The van der Waals surface area contributed by atoms with Gasteiger partial charge >= 0.3 is 0 Å². The molecule has 0 amide bonds. The molecule has 0 aliphatic rings. The van der Waals surface area contributed by atoms with Crippen LogP contribution in [0.25, 0.3) is 0 Å². The van der Waals surface area contributed by atoms with Crippen molar-refractivity contribution < 1.29 is 4.39 Å². The highest BCUT2D eigenvalue weighted by Gasteiger charge is 2.29. The van der Waals surface area contributed by atoms with Gasteiger partial charge in [0.25, 0.3) is 0 Å². The van der Waals surface area contributed by atoms with Crippen LogP contribution in [0.2, 0.25) is 0 Å². The summed E-state index contributed by atoms with van der Waals surface area (Å²) in [6, 6.07) is 8.58. The third kappa shape index (κ3) is 2.90. The first-order valence-corrected chi connectivity index (χ1v) is 6.82. The lowest BCUT2D eigenvalue weighted by Crippen LogP contribution is -2.42. The second-order valence-electron chi connectivity index (χ2n) is 5.94. The van der Waals surface area contributed by atoms with Crippen LogP contribution in [-0.2, 0) is 18.9 Å². The lowest BCUT2D eigenvalue weighted by Gasteiger charge is -2.32. The smallest absolute Gasteiger partial charge is 0.123 e. The Morgan fingerprint density at radius 3 is 2.40 bits per heavy atom. The molecule has 0 fully saturated rings. The van der Waals surface area contributed by atoms with E-state index < -0.39 is 0 Å². The third-order valence-electron chi connectivity index (χ3n) is 4.04. The SMILES string of the molecule is Cc1cc(CC(N)C(C)(C)c2ccc(F)cc2)n(C)n1. The summed E-state index contributed by atoms with van der Waals surface area (Å²) in [5.74, 6) is -0.222. The maximum atomic E-state index is 13.0. The molecule has 1 unspecified atom stereocenters. The van der Waals surface area contributed by atoms with Crippen LogP contribution in [0.4, 0.5) is 4.39 Å². The summed E-state index contributed by atoms with van der Waals surface area (Å²) in [5.41, 5.74) is 9.32. The lowest BCUT2D eigenvalue weighted by atomic mass is 9.76. The highest BCUT2D eigenvalue weighted by atomic mass is 19.1. The van der Waals surface area contributed by atoms with Crippen LogP contribution in [0.5, 0.6) is 0 Å². The molecule has 0 bridgehead atoms. The fraction of sp³-hybridized carbons (Fsp3) is 0.438. The van der Waals surface area contributed by atoms with E-state index in [1.807, 2.05) is 30.8 Å². The van der Waals surface area contributed by atoms with Crippen LogP contribution >= 0.6 is 0 Å². The van der Waals surface area contributed by atoms with Gasteiger partial charge in [-0.1, -0.05) is 26.0 Å². The molecule has 1 aromatic heterocycles. The zero-order chi connectivity index (χ0) is 14.9. The molecule has 1 heterocycles. The van der Waals surface area contributed by atoms with E-state index in [-0.39, 0.29) is 17.3 Å². The zero-order valence-corrected chi connectivity index (χ0v) is 12.5. The number of nitrogens with two attached hydrogens (primary N) is 1. The Morgan fingerprint density at radius 2 is 1.90 bits per heavy atom. The highest BCUT2D eigenvalue weighted by molar-refractivity contribution is 5.27. The first-order valence-electron chi connectivity index (χ1n) is 6.82. The van der Waals surface area contributed by atoms with Gasteiger partial charge in [0.1, 0.15) is 5.82 Å². The molecule has 0 radical (unpaired) electrons. The van der Waals surface area contributed by atoms with Crippen LogP contribution in [0.1, 0.15) is 30.8 Å². The standard InChI is InChI=1S/C16H22FN3/c1-11-9-14(20(4)19-11)10-15(18)16(2,3)12-5-7-13(17)8-6-12/h5-9,15H,10,18H2,1-4H3. The van der Waals surface area contributed by atoms with Crippen LogP contribution < -0.4 is 5.73 Å².